The molecule has 0 aliphatic rings. The molecule has 3 aromatic heterocycles. The molecular weight excluding hydrogens is 609 g/mol. The Kier molecular flexibility index (Phi) is 6.46. The molecule has 4 heteroatoms. The third-order valence-corrected chi connectivity index (χ3v) is 9.72. The molecule has 7 aromatic carbocycles. The van der Waals surface area contributed by atoms with E-state index in [-0.39, 0.29) is 0 Å². The monoisotopic (exact) mass is 638 g/mol. The summed E-state index contributed by atoms with van der Waals surface area (Å²) in [4.78, 5) is 10.4. The minimum atomic E-state index is 0.697. The molecule has 10 aromatic rings. The summed E-state index contributed by atoms with van der Waals surface area (Å²) >= 11 is 0. The van der Waals surface area contributed by atoms with Crippen LogP contribution in [0.25, 0.3) is 88.9 Å². The van der Waals surface area contributed by atoms with Gasteiger partial charge in [-0.05, 0) is 54.6 Å². The van der Waals surface area contributed by atoms with Crippen LogP contribution < -0.4 is 0 Å². The number of aromatic nitrogens is 4. The summed E-state index contributed by atoms with van der Waals surface area (Å²) in [5, 5.41) is 4.97. The Morgan fingerprint density at radius 1 is 0.300 bits per heavy atom. The van der Waals surface area contributed by atoms with Crippen molar-refractivity contribution in [3.8, 4) is 45.3 Å². The van der Waals surface area contributed by atoms with Crippen LogP contribution in [0.3, 0.4) is 0 Å². The van der Waals surface area contributed by atoms with E-state index < -0.39 is 0 Å². The molecule has 0 aliphatic carbocycles. The molecule has 3 heterocycles. The molecule has 0 saturated heterocycles. The highest BCUT2D eigenvalue weighted by Crippen LogP contribution is 2.36. The van der Waals surface area contributed by atoms with Crippen molar-refractivity contribution in [2.24, 2.45) is 0 Å². The maximum atomic E-state index is 5.18. The fourth-order valence-electron chi connectivity index (χ4n) is 7.47. The molecule has 234 valence electrons. The van der Waals surface area contributed by atoms with Crippen molar-refractivity contribution in [3.63, 3.8) is 0 Å². The molecule has 0 amide bonds. The third-order valence-electron chi connectivity index (χ3n) is 9.72. The lowest BCUT2D eigenvalue weighted by Gasteiger charge is -2.13. The SMILES string of the molecule is c1ccc(-c2nc(-c3cccc(-n4c5ccccc5c5ccccc54)c3)cc(-c3cccc(-n4c5ccccc5c5ccccc54)c3)n2)cc1. The van der Waals surface area contributed by atoms with Crippen molar-refractivity contribution in [2.45, 2.75) is 0 Å². The first-order chi connectivity index (χ1) is 24.8. The van der Waals surface area contributed by atoms with Gasteiger partial charge in [-0.15, -0.1) is 0 Å². The van der Waals surface area contributed by atoms with E-state index in [1.165, 1.54) is 43.6 Å². The lowest BCUT2D eigenvalue weighted by molar-refractivity contribution is 1.16. The zero-order valence-electron chi connectivity index (χ0n) is 27.1. The Morgan fingerprint density at radius 3 is 1.08 bits per heavy atom. The highest BCUT2D eigenvalue weighted by atomic mass is 15.0. The summed E-state index contributed by atoms with van der Waals surface area (Å²) in [5.41, 5.74) is 11.7. The van der Waals surface area contributed by atoms with Crippen LogP contribution in [0.5, 0.6) is 0 Å². The quantitative estimate of drug-likeness (QED) is 0.188. The van der Waals surface area contributed by atoms with Crippen molar-refractivity contribution >= 4 is 43.6 Å². The summed E-state index contributed by atoms with van der Waals surface area (Å²) in [5.74, 6) is 0.697. The number of fused-ring (bicyclic) bond motifs is 6. The molecule has 4 nitrogen and oxygen atoms in total. The minimum Gasteiger partial charge on any atom is -0.309 e. The maximum absolute atomic E-state index is 5.18. The zero-order chi connectivity index (χ0) is 33.0. The van der Waals surface area contributed by atoms with Crippen molar-refractivity contribution in [1.29, 1.82) is 0 Å². The van der Waals surface area contributed by atoms with Crippen LogP contribution in [0.15, 0.2) is 182 Å². The third kappa shape index (κ3) is 4.54. The van der Waals surface area contributed by atoms with Gasteiger partial charge >= 0.3 is 0 Å². The molecule has 0 bridgehead atoms. The highest BCUT2D eigenvalue weighted by Gasteiger charge is 2.16. The molecule has 50 heavy (non-hydrogen) atoms. The summed E-state index contributed by atoms with van der Waals surface area (Å²) in [6, 6.07) is 64.2. The van der Waals surface area contributed by atoms with Crippen molar-refractivity contribution < 1.29 is 0 Å². The van der Waals surface area contributed by atoms with E-state index >= 15 is 0 Å². The Hall–Kier alpha value is -6.78. The smallest absolute Gasteiger partial charge is 0.160 e. The first-order valence-electron chi connectivity index (χ1n) is 16.9. The number of nitrogens with zero attached hydrogens (tertiary/aromatic N) is 4. The van der Waals surface area contributed by atoms with Crippen molar-refractivity contribution in [2.75, 3.05) is 0 Å². The maximum Gasteiger partial charge on any atom is 0.160 e. The van der Waals surface area contributed by atoms with Gasteiger partial charge in [0.15, 0.2) is 5.82 Å². The van der Waals surface area contributed by atoms with Crippen LogP contribution in [0.4, 0.5) is 0 Å². The summed E-state index contributed by atoms with van der Waals surface area (Å²) in [7, 11) is 0. The lowest BCUT2D eigenvalue weighted by Crippen LogP contribution is -1.98. The highest BCUT2D eigenvalue weighted by molar-refractivity contribution is 6.10. The van der Waals surface area contributed by atoms with Gasteiger partial charge in [0, 0.05) is 49.6 Å². The predicted molar refractivity (Wildman–Crippen MR) is 207 cm³/mol. The topological polar surface area (TPSA) is 35.6 Å². The van der Waals surface area contributed by atoms with Crippen LogP contribution in [0, 0.1) is 0 Å². The first-order valence-corrected chi connectivity index (χ1v) is 16.9. The van der Waals surface area contributed by atoms with Gasteiger partial charge in [0.25, 0.3) is 0 Å². The fraction of sp³-hybridized carbons (Fsp3) is 0. The van der Waals surface area contributed by atoms with E-state index in [9.17, 15) is 0 Å². The first kappa shape index (κ1) is 28.3. The van der Waals surface area contributed by atoms with E-state index in [0.29, 0.717) is 5.82 Å². The molecule has 10 rings (SSSR count). The molecule has 0 radical (unpaired) electrons. The normalized spacial score (nSPS) is 11.6. The van der Waals surface area contributed by atoms with Gasteiger partial charge < -0.3 is 9.13 Å². The van der Waals surface area contributed by atoms with Crippen LogP contribution in [-0.4, -0.2) is 19.1 Å². The molecule has 0 spiro atoms. The number of para-hydroxylation sites is 4. The largest absolute Gasteiger partial charge is 0.309 e. The predicted octanol–water partition coefficient (Wildman–Crippen LogP) is 11.7. The summed E-state index contributed by atoms with van der Waals surface area (Å²) in [6.07, 6.45) is 0. The zero-order valence-corrected chi connectivity index (χ0v) is 27.1. The second kappa shape index (κ2) is 11.4. The Bertz CT molecular complexity index is 2600. The van der Waals surface area contributed by atoms with E-state index in [1.54, 1.807) is 0 Å². The molecule has 0 aliphatic heterocycles. The fourth-order valence-corrected chi connectivity index (χ4v) is 7.47. The lowest BCUT2D eigenvalue weighted by atomic mass is 10.1. The standard InChI is InChI=1S/C46H30N4/c1-2-14-31(15-3-1)46-47-40(32-16-12-18-34(28-32)49-42-24-8-4-20-36(42)37-21-5-9-25-43(37)49)30-41(48-46)33-17-13-19-35(29-33)50-44-26-10-6-22-38(44)39-23-7-11-27-45(39)50/h1-30H. The molecule has 0 atom stereocenters. The minimum absolute atomic E-state index is 0.697. The average molecular weight is 639 g/mol. The summed E-state index contributed by atoms with van der Waals surface area (Å²) < 4.78 is 4.70. The van der Waals surface area contributed by atoms with Crippen LogP contribution >= 0.6 is 0 Å². The van der Waals surface area contributed by atoms with Gasteiger partial charge in [0.2, 0.25) is 0 Å². The molecule has 0 saturated carbocycles. The van der Waals surface area contributed by atoms with Crippen molar-refractivity contribution in [1.82, 2.24) is 19.1 Å². The van der Waals surface area contributed by atoms with Crippen LogP contribution in [-0.2, 0) is 0 Å². The summed E-state index contributed by atoms with van der Waals surface area (Å²) in [6.45, 7) is 0. The van der Waals surface area contributed by atoms with Gasteiger partial charge in [-0.1, -0.05) is 127 Å². The van der Waals surface area contributed by atoms with E-state index in [1.807, 2.05) is 18.2 Å². The number of hydrogen-bond donors (Lipinski definition) is 0. The van der Waals surface area contributed by atoms with E-state index in [0.717, 1.165) is 39.5 Å². The Balaban J connectivity index is 1.15. The van der Waals surface area contributed by atoms with Gasteiger partial charge in [-0.2, -0.15) is 0 Å². The molecule has 0 N–H and O–H groups in total. The van der Waals surface area contributed by atoms with E-state index in [2.05, 4.69) is 173 Å². The number of benzene rings is 7. The Morgan fingerprint density at radius 2 is 0.660 bits per heavy atom. The van der Waals surface area contributed by atoms with Gasteiger partial charge in [-0.25, -0.2) is 9.97 Å². The van der Waals surface area contributed by atoms with Gasteiger partial charge in [0.1, 0.15) is 0 Å². The molecule has 0 unspecified atom stereocenters. The van der Waals surface area contributed by atoms with Crippen molar-refractivity contribution in [3.05, 3.63) is 182 Å². The van der Waals surface area contributed by atoms with Gasteiger partial charge in [-0.3, -0.25) is 0 Å². The average Bonchev–Trinajstić information content (AvgIpc) is 3.71. The van der Waals surface area contributed by atoms with Crippen LogP contribution in [0.1, 0.15) is 0 Å². The van der Waals surface area contributed by atoms with Gasteiger partial charge in [0.05, 0.1) is 33.5 Å². The molecular formula is C46H30N4. The molecule has 0 fully saturated rings. The second-order valence-electron chi connectivity index (χ2n) is 12.7. The van der Waals surface area contributed by atoms with E-state index in [4.69, 9.17) is 9.97 Å². The van der Waals surface area contributed by atoms with Crippen LogP contribution in [0.2, 0.25) is 0 Å². The number of hydrogen-bond acceptors (Lipinski definition) is 2. The Labute approximate surface area is 289 Å². The second-order valence-corrected chi connectivity index (χ2v) is 12.7. The number of rotatable bonds is 5.